The highest BCUT2D eigenvalue weighted by molar-refractivity contribution is 6.83. The van der Waals surface area contributed by atoms with Crippen LogP contribution in [0.25, 0.3) is 0 Å². The average molecular weight is 331 g/mol. The smallest absolute Gasteiger partial charge is 0.239 e. The molecule has 0 bridgehead atoms. The van der Waals surface area contributed by atoms with E-state index in [0.29, 0.717) is 19.0 Å². The molecular formula is C18H26N2O2Si. The van der Waals surface area contributed by atoms with Gasteiger partial charge >= 0.3 is 0 Å². The van der Waals surface area contributed by atoms with E-state index in [-0.39, 0.29) is 5.91 Å². The van der Waals surface area contributed by atoms with Gasteiger partial charge in [0, 0.05) is 5.41 Å². The molecule has 124 valence electrons. The fourth-order valence-electron chi connectivity index (χ4n) is 2.22. The van der Waals surface area contributed by atoms with E-state index in [4.69, 9.17) is 4.74 Å². The van der Waals surface area contributed by atoms with E-state index in [9.17, 15) is 4.79 Å². The topological polar surface area (TPSA) is 42.4 Å². The first-order valence-electron chi connectivity index (χ1n) is 7.98. The number of aryl methyl sites for hydroxylation is 1. The maximum absolute atomic E-state index is 12.7. The molecule has 1 aliphatic rings. The molecule has 2 heterocycles. The van der Waals surface area contributed by atoms with Crippen LogP contribution in [-0.4, -0.2) is 32.1 Å². The summed E-state index contributed by atoms with van der Waals surface area (Å²) in [4.78, 5) is 19.0. The zero-order valence-electron chi connectivity index (χ0n) is 15.2. The monoisotopic (exact) mass is 330 g/mol. The molecule has 0 N–H and O–H groups in total. The molecule has 1 aliphatic heterocycles. The Morgan fingerprint density at radius 3 is 2.57 bits per heavy atom. The van der Waals surface area contributed by atoms with Crippen molar-refractivity contribution >= 4 is 19.7 Å². The van der Waals surface area contributed by atoms with Gasteiger partial charge in [0.2, 0.25) is 11.8 Å². The number of aromatic nitrogens is 1. The molecule has 1 aromatic heterocycles. The van der Waals surface area contributed by atoms with Gasteiger partial charge in [-0.2, -0.15) is 0 Å². The first-order chi connectivity index (χ1) is 10.5. The molecule has 0 saturated heterocycles. The predicted molar refractivity (Wildman–Crippen MR) is 96.5 cm³/mol. The van der Waals surface area contributed by atoms with Gasteiger partial charge in [-0.25, -0.2) is 4.98 Å². The molecule has 5 heteroatoms. The molecular weight excluding hydrogens is 304 g/mol. The van der Waals surface area contributed by atoms with E-state index in [0.717, 1.165) is 16.9 Å². The van der Waals surface area contributed by atoms with Crippen molar-refractivity contribution in [3.8, 4) is 17.3 Å². The van der Waals surface area contributed by atoms with Crippen LogP contribution in [0.5, 0.6) is 5.88 Å². The van der Waals surface area contributed by atoms with Crippen molar-refractivity contribution in [3.63, 3.8) is 0 Å². The van der Waals surface area contributed by atoms with Gasteiger partial charge in [-0.15, -0.1) is 5.54 Å². The molecule has 0 atom stereocenters. The first-order valence-corrected chi connectivity index (χ1v) is 11.5. The summed E-state index contributed by atoms with van der Waals surface area (Å²) in [7, 11) is -1.46. The molecule has 1 aromatic rings. The number of hydrogen-bond donors (Lipinski definition) is 0. The standard InChI is InChI=1S/C18H26N2O2Si/c1-13-12-15-16(19-14(13)8-11-23(5,6)7)22-10-9-20(15)17(21)18(2,3)4/h12H,9-10H2,1-7H3. The highest BCUT2D eigenvalue weighted by Crippen LogP contribution is 2.34. The fourth-order valence-corrected chi connectivity index (χ4v) is 2.72. The van der Waals surface area contributed by atoms with E-state index in [1.807, 2.05) is 33.8 Å². The second kappa shape index (κ2) is 6.01. The average Bonchev–Trinajstić information content (AvgIpc) is 2.42. The normalized spacial score (nSPS) is 14.5. The van der Waals surface area contributed by atoms with Gasteiger partial charge in [0.15, 0.2) is 0 Å². The van der Waals surface area contributed by atoms with Gasteiger partial charge < -0.3 is 9.64 Å². The number of nitrogens with zero attached hydrogens (tertiary/aromatic N) is 2. The lowest BCUT2D eigenvalue weighted by atomic mass is 9.94. The van der Waals surface area contributed by atoms with E-state index in [2.05, 4.69) is 36.1 Å². The summed E-state index contributed by atoms with van der Waals surface area (Å²) in [5.74, 6) is 3.79. The summed E-state index contributed by atoms with van der Waals surface area (Å²) >= 11 is 0. The van der Waals surface area contributed by atoms with Crippen molar-refractivity contribution < 1.29 is 9.53 Å². The Kier molecular flexibility index (Phi) is 4.58. The van der Waals surface area contributed by atoms with Gasteiger partial charge in [0.25, 0.3) is 0 Å². The van der Waals surface area contributed by atoms with Crippen molar-refractivity contribution in [2.75, 3.05) is 18.1 Å². The lowest BCUT2D eigenvalue weighted by Gasteiger charge is -2.33. The SMILES string of the molecule is Cc1cc2c(nc1C#C[Si](C)(C)C)OCCN2C(=O)C(C)(C)C. The number of ether oxygens (including phenoxy) is 1. The van der Waals surface area contributed by atoms with E-state index < -0.39 is 13.5 Å². The Hall–Kier alpha value is -1.80. The van der Waals surface area contributed by atoms with Crippen LogP contribution in [0, 0.1) is 23.8 Å². The molecule has 0 saturated carbocycles. The molecule has 0 spiro atoms. The maximum atomic E-state index is 12.7. The molecule has 23 heavy (non-hydrogen) atoms. The second-order valence-electron chi connectivity index (χ2n) is 8.03. The summed E-state index contributed by atoms with van der Waals surface area (Å²) in [6.45, 7) is 15.4. The number of hydrogen-bond acceptors (Lipinski definition) is 3. The van der Waals surface area contributed by atoms with Crippen LogP contribution in [0.15, 0.2) is 6.07 Å². The number of carbonyl (C=O) groups is 1. The lowest BCUT2D eigenvalue weighted by Crippen LogP contribution is -2.44. The summed E-state index contributed by atoms with van der Waals surface area (Å²) in [5.41, 5.74) is 5.38. The van der Waals surface area contributed by atoms with Crippen LogP contribution in [0.1, 0.15) is 32.0 Å². The molecule has 0 radical (unpaired) electrons. The molecule has 2 rings (SSSR count). The van der Waals surface area contributed by atoms with Crippen LogP contribution in [-0.2, 0) is 4.79 Å². The van der Waals surface area contributed by atoms with Gasteiger partial charge in [0.1, 0.15) is 26.1 Å². The van der Waals surface area contributed by atoms with Crippen molar-refractivity contribution in [2.45, 2.75) is 47.3 Å². The van der Waals surface area contributed by atoms with Crippen LogP contribution in [0.2, 0.25) is 19.6 Å². The Bertz CT molecular complexity index is 688. The number of fused-ring (bicyclic) bond motifs is 1. The number of amides is 1. The molecule has 0 aliphatic carbocycles. The Morgan fingerprint density at radius 1 is 1.35 bits per heavy atom. The summed E-state index contributed by atoms with van der Waals surface area (Å²) in [5, 5.41) is 0. The Labute approximate surface area is 140 Å². The van der Waals surface area contributed by atoms with Crippen LogP contribution in [0.4, 0.5) is 5.69 Å². The minimum atomic E-state index is -1.46. The van der Waals surface area contributed by atoms with Crippen LogP contribution >= 0.6 is 0 Å². The van der Waals surface area contributed by atoms with Gasteiger partial charge in [0.05, 0.1) is 6.54 Å². The quantitative estimate of drug-likeness (QED) is 0.541. The highest BCUT2D eigenvalue weighted by Gasteiger charge is 2.32. The maximum Gasteiger partial charge on any atom is 0.239 e. The molecule has 4 nitrogen and oxygen atoms in total. The zero-order valence-corrected chi connectivity index (χ0v) is 16.2. The third-order valence-electron chi connectivity index (χ3n) is 3.45. The summed E-state index contributed by atoms with van der Waals surface area (Å²) in [6, 6.07) is 1.97. The molecule has 0 aromatic carbocycles. The summed E-state index contributed by atoms with van der Waals surface area (Å²) in [6.07, 6.45) is 0. The van der Waals surface area contributed by atoms with Crippen molar-refractivity contribution in [1.29, 1.82) is 0 Å². The fraction of sp³-hybridized carbons (Fsp3) is 0.556. The van der Waals surface area contributed by atoms with Crippen LogP contribution in [0.3, 0.4) is 0 Å². The number of rotatable bonds is 0. The zero-order chi connectivity index (χ0) is 17.4. The predicted octanol–water partition coefficient (Wildman–Crippen LogP) is 3.39. The van der Waals surface area contributed by atoms with Crippen molar-refractivity contribution in [3.05, 3.63) is 17.3 Å². The Balaban J connectivity index is 2.45. The van der Waals surface area contributed by atoms with Gasteiger partial charge in [-0.3, -0.25) is 4.79 Å². The molecule has 0 fully saturated rings. The number of pyridine rings is 1. The largest absolute Gasteiger partial charge is 0.474 e. The Morgan fingerprint density at radius 2 is 2.00 bits per heavy atom. The highest BCUT2D eigenvalue weighted by atomic mass is 28.3. The van der Waals surface area contributed by atoms with Crippen molar-refractivity contribution in [1.82, 2.24) is 4.98 Å². The third-order valence-corrected chi connectivity index (χ3v) is 4.32. The number of anilines is 1. The van der Waals surface area contributed by atoms with E-state index in [1.165, 1.54) is 0 Å². The van der Waals surface area contributed by atoms with Gasteiger partial charge in [-0.05, 0) is 18.6 Å². The molecule has 0 unspecified atom stereocenters. The van der Waals surface area contributed by atoms with Crippen molar-refractivity contribution in [2.24, 2.45) is 5.41 Å². The lowest BCUT2D eigenvalue weighted by molar-refractivity contribution is -0.126. The third kappa shape index (κ3) is 4.14. The molecule has 1 amide bonds. The van der Waals surface area contributed by atoms with Gasteiger partial charge in [-0.1, -0.05) is 46.3 Å². The minimum absolute atomic E-state index is 0.0872. The van der Waals surface area contributed by atoms with E-state index in [1.54, 1.807) is 4.90 Å². The van der Waals surface area contributed by atoms with Crippen LogP contribution < -0.4 is 9.64 Å². The van der Waals surface area contributed by atoms with E-state index >= 15 is 0 Å². The first kappa shape index (κ1) is 17.5. The number of carbonyl (C=O) groups excluding carboxylic acids is 1. The summed E-state index contributed by atoms with van der Waals surface area (Å²) < 4.78 is 5.68. The minimum Gasteiger partial charge on any atom is -0.474 e. The second-order valence-corrected chi connectivity index (χ2v) is 12.8.